The van der Waals surface area contributed by atoms with E-state index in [2.05, 4.69) is 10.6 Å². The molecule has 3 aromatic carbocycles. The molecule has 218 valence electrons. The van der Waals surface area contributed by atoms with Crippen molar-refractivity contribution in [3.8, 4) is 5.75 Å². The Morgan fingerprint density at radius 1 is 0.857 bits per heavy atom. The number of fused-ring (bicyclic) bond motifs is 1. The van der Waals surface area contributed by atoms with Gasteiger partial charge in [-0.05, 0) is 43.7 Å². The van der Waals surface area contributed by atoms with Crippen LogP contribution in [-0.4, -0.2) is 40.6 Å². The second-order valence-corrected chi connectivity index (χ2v) is 9.35. The molecule has 1 heterocycles. The highest BCUT2D eigenvalue weighted by molar-refractivity contribution is 6.01. The molecule has 0 aliphatic carbocycles. The van der Waals surface area contributed by atoms with E-state index in [-0.39, 0.29) is 55.1 Å². The fourth-order valence-corrected chi connectivity index (χ4v) is 4.56. The molecule has 0 saturated carbocycles. The summed E-state index contributed by atoms with van der Waals surface area (Å²) in [5, 5.41) is 5.76. The molecule has 42 heavy (non-hydrogen) atoms. The molecule has 0 atom stereocenters. The van der Waals surface area contributed by atoms with Crippen molar-refractivity contribution in [2.75, 3.05) is 19.0 Å². The fraction of sp³-hybridized carbons (Fsp3) is 0.258. The third-order valence-electron chi connectivity index (χ3n) is 6.58. The van der Waals surface area contributed by atoms with E-state index in [1.807, 2.05) is 18.2 Å². The molecule has 4 rings (SSSR count). The van der Waals surface area contributed by atoms with Gasteiger partial charge >= 0.3 is 11.7 Å². The van der Waals surface area contributed by atoms with Gasteiger partial charge in [0.05, 0.1) is 35.9 Å². The van der Waals surface area contributed by atoms with Gasteiger partial charge in [0.25, 0.3) is 5.56 Å². The lowest BCUT2D eigenvalue weighted by Gasteiger charge is -2.15. The molecule has 0 saturated heterocycles. The molecular weight excluding hydrogens is 540 g/mol. The van der Waals surface area contributed by atoms with Crippen LogP contribution in [0.25, 0.3) is 10.9 Å². The van der Waals surface area contributed by atoms with Crippen molar-refractivity contribution in [2.24, 2.45) is 0 Å². The Kier molecular flexibility index (Phi) is 9.88. The van der Waals surface area contributed by atoms with Crippen LogP contribution in [0, 0.1) is 0 Å². The van der Waals surface area contributed by atoms with Crippen LogP contribution in [0.15, 0.2) is 82.4 Å². The lowest BCUT2D eigenvalue weighted by atomic mass is 10.2. The number of hydrogen-bond donors (Lipinski definition) is 2. The molecule has 11 heteroatoms. The summed E-state index contributed by atoms with van der Waals surface area (Å²) in [5.41, 5.74) is 0.359. The number of ether oxygens (including phenoxy) is 2. The van der Waals surface area contributed by atoms with Crippen LogP contribution in [0.5, 0.6) is 5.75 Å². The molecule has 0 radical (unpaired) electrons. The number of aromatic nitrogens is 2. The van der Waals surface area contributed by atoms with E-state index >= 15 is 0 Å². The summed E-state index contributed by atoms with van der Waals surface area (Å²) in [4.78, 5) is 64.5. The molecule has 4 aromatic rings. The average Bonchev–Trinajstić information content (AvgIpc) is 3.00. The molecule has 0 aliphatic heterocycles. The fourth-order valence-electron chi connectivity index (χ4n) is 4.56. The molecule has 1 aromatic heterocycles. The maximum absolute atomic E-state index is 13.5. The standard InChI is InChI=1S/C31H32N4O7/c1-3-42-30(39)22-12-5-7-14-24(22)33-28(37)20-35-25-15-8-6-13-23(25)29(38)34(31(35)40)18-10-17-27(36)32-19-21-11-4-9-16-26(21)41-2/h4-9,11-16H,3,10,17-20H2,1-2H3,(H,32,36)(H,33,37). The number of hydrogen-bond acceptors (Lipinski definition) is 7. The predicted molar refractivity (Wildman–Crippen MR) is 158 cm³/mol. The van der Waals surface area contributed by atoms with Crippen molar-refractivity contribution in [1.29, 1.82) is 0 Å². The smallest absolute Gasteiger partial charge is 0.340 e. The van der Waals surface area contributed by atoms with Crippen LogP contribution in [0.1, 0.15) is 35.7 Å². The first kappa shape index (κ1) is 29.8. The van der Waals surface area contributed by atoms with Crippen molar-refractivity contribution in [3.05, 3.63) is 105 Å². The van der Waals surface area contributed by atoms with Crippen LogP contribution in [0.3, 0.4) is 0 Å². The molecule has 2 amide bonds. The number of amides is 2. The predicted octanol–water partition coefficient (Wildman–Crippen LogP) is 3.08. The molecule has 0 fully saturated rings. The van der Waals surface area contributed by atoms with E-state index < -0.39 is 29.7 Å². The third-order valence-corrected chi connectivity index (χ3v) is 6.58. The van der Waals surface area contributed by atoms with Crippen molar-refractivity contribution < 1.29 is 23.9 Å². The molecule has 2 N–H and O–H groups in total. The quantitative estimate of drug-likeness (QED) is 0.249. The molecule has 0 bridgehead atoms. The van der Waals surface area contributed by atoms with Crippen molar-refractivity contribution in [1.82, 2.24) is 14.5 Å². The number of anilines is 1. The van der Waals surface area contributed by atoms with Gasteiger partial charge in [0.2, 0.25) is 11.8 Å². The van der Waals surface area contributed by atoms with E-state index in [4.69, 9.17) is 9.47 Å². The number of carbonyl (C=O) groups is 3. The minimum atomic E-state index is -0.679. The third kappa shape index (κ3) is 6.92. The van der Waals surface area contributed by atoms with Crippen LogP contribution in [-0.2, 0) is 34.0 Å². The SMILES string of the molecule is CCOC(=O)c1ccccc1NC(=O)Cn1c(=O)n(CCCC(=O)NCc2ccccc2OC)c(=O)c2ccccc21. The largest absolute Gasteiger partial charge is 0.496 e. The average molecular weight is 573 g/mol. The summed E-state index contributed by atoms with van der Waals surface area (Å²) in [6.45, 7) is 1.71. The molecule has 0 spiro atoms. The Bertz CT molecular complexity index is 1720. The monoisotopic (exact) mass is 572 g/mol. The van der Waals surface area contributed by atoms with E-state index in [9.17, 15) is 24.0 Å². The van der Waals surface area contributed by atoms with Gasteiger partial charge in [-0.15, -0.1) is 0 Å². The Labute approximate surface area is 241 Å². The summed E-state index contributed by atoms with van der Waals surface area (Å²) >= 11 is 0. The second-order valence-electron chi connectivity index (χ2n) is 9.35. The molecule has 0 unspecified atom stereocenters. The first-order chi connectivity index (χ1) is 20.3. The minimum Gasteiger partial charge on any atom is -0.496 e. The van der Waals surface area contributed by atoms with E-state index in [0.717, 1.165) is 10.1 Å². The number of esters is 1. The van der Waals surface area contributed by atoms with Gasteiger partial charge in [-0.25, -0.2) is 9.59 Å². The van der Waals surface area contributed by atoms with Crippen molar-refractivity contribution >= 4 is 34.4 Å². The van der Waals surface area contributed by atoms with Gasteiger partial charge in [-0.2, -0.15) is 0 Å². The van der Waals surface area contributed by atoms with E-state index in [1.54, 1.807) is 62.6 Å². The lowest BCUT2D eigenvalue weighted by molar-refractivity contribution is -0.121. The highest BCUT2D eigenvalue weighted by atomic mass is 16.5. The van der Waals surface area contributed by atoms with Crippen LogP contribution >= 0.6 is 0 Å². The summed E-state index contributed by atoms with van der Waals surface area (Å²) < 4.78 is 12.6. The highest BCUT2D eigenvalue weighted by Crippen LogP contribution is 2.18. The van der Waals surface area contributed by atoms with Gasteiger partial charge in [0.1, 0.15) is 12.3 Å². The number of nitrogens with one attached hydrogen (secondary N) is 2. The Morgan fingerprint density at radius 3 is 2.36 bits per heavy atom. The Hall–Kier alpha value is -5.19. The van der Waals surface area contributed by atoms with Gasteiger partial charge in [0.15, 0.2) is 0 Å². The summed E-state index contributed by atoms with van der Waals surface area (Å²) in [6, 6.07) is 20.2. The van der Waals surface area contributed by atoms with Gasteiger partial charge in [-0.3, -0.25) is 23.5 Å². The number of rotatable bonds is 12. The van der Waals surface area contributed by atoms with E-state index in [1.165, 1.54) is 10.6 Å². The topological polar surface area (TPSA) is 138 Å². The maximum Gasteiger partial charge on any atom is 0.340 e. The van der Waals surface area contributed by atoms with Crippen LogP contribution < -0.4 is 26.6 Å². The molecular formula is C31H32N4O7. The van der Waals surface area contributed by atoms with Crippen molar-refractivity contribution in [3.63, 3.8) is 0 Å². The van der Waals surface area contributed by atoms with Crippen molar-refractivity contribution in [2.45, 2.75) is 39.4 Å². The summed E-state index contributed by atoms with van der Waals surface area (Å²) in [7, 11) is 1.56. The minimum absolute atomic E-state index is 0.0160. The van der Waals surface area contributed by atoms with Crippen LogP contribution in [0.2, 0.25) is 0 Å². The van der Waals surface area contributed by atoms with Crippen LogP contribution in [0.4, 0.5) is 5.69 Å². The highest BCUT2D eigenvalue weighted by Gasteiger charge is 2.18. The Balaban J connectivity index is 1.50. The number of methoxy groups -OCH3 is 1. The van der Waals surface area contributed by atoms with E-state index in [0.29, 0.717) is 11.3 Å². The van der Waals surface area contributed by atoms with Gasteiger partial charge in [-0.1, -0.05) is 42.5 Å². The number of para-hydroxylation sites is 3. The van der Waals surface area contributed by atoms with Gasteiger partial charge < -0.3 is 20.1 Å². The normalized spacial score (nSPS) is 10.7. The Morgan fingerprint density at radius 2 is 1.57 bits per heavy atom. The first-order valence-electron chi connectivity index (χ1n) is 13.5. The number of benzene rings is 3. The maximum atomic E-state index is 13.5. The first-order valence-corrected chi connectivity index (χ1v) is 13.5. The molecule has 11 nitrogen and oxygen atoms in total. The lowest BCUT2D eigenvalue weighted by Crippen LogP contribution is -2.42. The zero-order valence-electron chi connectivity index (χ0n) is 23.4. The second kappa shape index (κ2) is 13.9. The zero-order chi connectivity index (χ0) is 30.1. The zero-order valence-corrected chi connectivity index (χ0v) is 23.4. The molecule has 0 aliphatic rings. The van der Waals surface area contributed by atoms with Gasteiger partial charge in [0, 0.05) is 25.1 Å². The summed E-state index contributed by atoms with van der Waals surface area (Å²) in [6.07, 6.45) is 0.309. The number of nitrogens with zero attached hydrogens (tertiary/aromatic N) is 2. The summed E-state index contributed by atoms with van der Waals surface area (Å²) in [5.74, 6) is -0.736. The number of carbonyl (C=O) groups excluding carboxylic acids is 3.